The molecule has 0 aliphatic rings. The quantitative estimate of drug-likeness (QED) is 0.472. The van der Waals surface area contributed by atoms with Gasteiger partial charge in [-0.2, -0.15) is 0 Å². The van der Waals surface area contributed by atoms with Gasteiger partial charge in [-0.1, -0.05) is 0 Å². The third kappa shape index (κ3) is 6.30. The van der Waals surface area contributed by atoms with Gasteiger partial charge in [0.25, 0.3) is 5.91 Å². The number of nitrogens with one attached hydrogen (secondary N) is 1. The summed E-state index contributed by atoms with van der Waals surface area (Å²) in [5.41, 5.74) is 0.503. The highest BCUT2D eigenvalue weighted by Crippen LogP contribution is 2.28. The average Bonchev–Trinajstić information content (AvgIpc) is 2.73. The Balaban J connectivity index is 1.92. The Kier molecular flexibility index (Phi) is 8.34. The van der Waals surface area contributed by atoms with Crippen molar-refractivity contribution in [3.63, 3.8) is 0 Å². The van der Waals surface area contributed by atoms with E-state index < -0.39 is 36.1 Å². The number of amides is 1. The van der Waals surface area contributed by atoms with Crippen LogP contribution in [0.3, 0.4) is 0 Å². The summed E-state index contributed by atoms with van der Waals surface area (Å²) in [6.07, 6.45) is -1.07. The minimum absolute atomic E-state index is 0.221. The second-order valence-electron chi connectivity index (χ2n) is 6.21. The number of hydrogen-bond donors (Lipinski definition) is 1. The SMILES string of the molecule is CCOc1ccc(C(=O)NCC(=O)OC(C)C(=O)c2ccc(F)cc2)cc1OCC. The van der Waals surface area contributed by atoms with Crippen molar-refractivity contribution in [2.75, 3.05) is 19.8 Å². The maximum absolute atomic E-state index is 13.0. The van der Waals surface area contributed by atoms with Gasteiger partial charge in [-0.15, -0.1) is 0 Å². The van der Waals surface area contributed by atoms with Gasteiger partial charge in [-0.3, -0.25) is 14.4 Å². The standard InChI is InChI=1S/C22H24FNO6/c1-4-28-18-11-8-16(12-19(18)29-5-2)22(27)24-13-20(25)30-14(3)21(26)15-6-9-17(23)10-7-15/h6-12,14H,4-5,13H2,1-3H3,(H,24,27). The molecule has 0 aliphatic carbocycles. The van der Waals surface area contributed by atoms with E-state index in [0.29, 0.717) is 24.7 Å². The molecule has 0 fully saturated rings. The minimum Gasteiger partial charge on any atom is -0.490 e. The first-order valence-corrected chi connectivity index (χ1v) is 9.52. The van der Waals surface area contributed by atoms with Gasteiger partial charge < -0.3 is 19.5 Å². The zero-order valence-electron chi connectivity index (χ0n) is 17.1. The summed E-state index contributed by atoms with van der Waals surface area (Å²) in [4.78, 5) is 36.5. The maximum Gasteiger partial charge on any atom is 0.326 e. The lowest BCUT2D eigenvalue weighted by Gasteiger charge is -2.14. The molecule has 0 heterocycles. The van der Waals surface area contributed by atoms with Crippen LogP contribution in [0.4, 0.5) is 4.39 Å². The highest BCUT2D eigenvalue weighted by molar-refractivity contribution is 6.00. The molecule has 30 heavy (non-hydrogen) atoms. The summed E-state index contributed by atoms with van der Waals surface area (Å²) in [5, 5.41) is 2.44. The predicted octanol–water partition coefficient (Wildman–Crippen LogP) is 3.17. The van der Waals surface area contributed by atoms with E-state index in [9.17, 15) is 18.8 Å². The molecule has 1 N–H and O–H groups in total. The van der Waals surface area contributed by atoms with Crippen molar-refractivity contribution in [2.45, 2.75) is 26.9 Å². The van der Waals surface area contributed by atoms with Gasteiger partial charge in [0.2, 0.25) is 5.78 Å². The molecule has 1 unspecified atom stereocenters. The van der Waals surface area contributed by atoms with Crippen LogP contribution in [0.2, 0.25) is 0 Å². The molecule has 0 bridgehead atoms. The van der Waals surface area contributed by atoms with Gasteiger partial charge >= 0.3 is 5.97 Å². The van der Waals surface area contributed by atoms with E-state index in [0.717, 1.165) is 12.1 Å². The Hall–Kier alpha value is -3.42. The monoisotopic (exact) mass is 417 g/mol. The molecule has 1 amide bonds. The molecule has 0 aromatic heterocycles. The summed E-state index contributed by atoms with van der Waals surface area (Å²) in [6.45, 7) is 5.49. The van der Waals surface area contributed by atoms with Gasteiger partial charge in [0.1, 0.15) is 12.4 Å². The molecular formula is C22H24FNO6. The van der Waals surface area contributed by atoms with E-state index in [-0.39, 0.29) is 11.1 Å². The van der Waals surface area contributed by atoms with Gasteiger partial charge in [0.05, 0.1) is 13.2 Å². The molecule has 160 valence electrons. The number of esters is 1. The zero-order chi connectivity index (χ0) is 22.1. The van der Waals surface area contributed by atoms with Crippen LogP contribution >= 0.6 is 0 Å². The second-order valence-corrected chi connectivity index (χ2v) is 6.21. The molecule has 2 aromatic carbocycles. The number of ketones is 1. The van der Waals surface area contributed by atoms with Crippen molar-refractivity contribution in [2.24, 2.45) is 0 Å². The van der Waals surface area contributed by atoms with Crippen LogP contribution in [0.25, 0.3) is 0 Å². The third-order valence-corrected chi connectivity index (χ3v) is 4.01. The van der Waals surface area contributed by atoms with Crippen LogP contribution < -0.4 is 14.8 Å². The highest BCUT2D eigenvalue weighted by Gasteiger charge is 2.20. The van der Waals surface area contributed by atoms with Crippen molar-refractivity contribution in [1.29, 1.82) is 0 Å². The zero-order valence-corrected chi connectivity index (χ0v) is 17.1. The summed E-state index contributed by atoms with van der Waals surface area (Å²) < 4.78 is 28.9. The van der Waals surface area contributed by atoms with Crippen molar-refractivity contribution in [3.8, 4) is 11.5 Å². The van der Waals surface area contributed by atoms with E-state index in [4.69, 9.17) is 14.2 Å². The highest BCUT2D eigenvalue weighted by atomic mass is 19.1. The van der Waals surface area contributed by atoms with E-state index in [1.165, 1.54) is 25.1 Å². The Morgan fingerprint density at radius 1 is 0.933 bits per heavy atom. The van der Waals surface area contributed by atoms with E-state index in [1.807, 2.05) is 13.8 Å². The summed E-state index contributed by atoms with van der Waals surface area (Å²) >= 11 is 0. The van der Waals surface area contributed by atoms with E-state index in [2.05, 4.69) is 5.32 Å². The number of rotatable bonds is 10. The second kappa shape index (κ2) is 10.9. The first-order valence-electron chi connectivity index (χ1n) is 9.52. The lowest BCUT2D eigenvalue weighted by Crippen LogP contribution is -2.34. The van der Waals surface area contributed by atoms with Crippen LogP contribution in [0.15, 0.2) is 42.5 Å². The molecule has 7 nitrogen and oxygen atoms in total. The van der Waals surface area contributed by atoms with Crippen molar-refractivity contribution in [1.82, 2.24) is 5.32 Å². The number of Topliss-reactive ketones (excluding diaryl/α,β-unsaturated/α-hetero) is 1. The molecule has 0 saturated heterocycles. The van der Waals surface area contributed by atoms with Gasteiger partial charge in [0, 0.05) is 11.1 Å². The van der Waals surface area contributed by atoms with Gasteiger partial charge in [-0.25, -0.2) is 4.39 Å². The molecule has 1 atom stereocenters. The largest absolute Gasteiger partial charge is 0.490 e. The molecule has 0 aliphatic heterocycles. The summed E-state index contributed by atoms with van der Waals surface area (Å²) in [5.74, 6) is -1.28. The molecular weight excluding hydrogens is 393 g/mol. The first kappa shape index (κ1) is 22.9. The topological polar surface area (TPSA) is 90.9 Å². The summed E-state index contributed by atoms with van der Waals surface area (Å²) in [7, 11) is 0. The van der Waals surface area contributed by atoms with Gasteiger partial charge in [-0.05, 0) is 63.2 Å². The number of carbonyl (C=O) groups excluding carboxylic acids is 3. The molecule has 0 spiro atoms. The van der Waals surface area contributed by atoms with Crippen LogP contribution in [0.5, 0.6) is 11.5 Å². The van der Waals surface area contributed by atoms with Crippen molar-refractivity contribution < 1.29 is 33.0 Å². The Morgan fingerprint density at radius 2 is 1.53 bits per heavy atom. The number of carbonyl (C=O) groups is 3. The fourth-order valence-electron chi connectivity index (χ4n) is 2.59. The van der Waals surface area contributed by atoms with Crippen LogP contribution in [-0.4, -0.2) is 43.5 Å². The Morgan fingerprint density at radius 3 is 2.17 bits per heavy atom. The fourth-order valence-corrected chi connectivity index (χ4v) is 2.59. The number of benzene rings is 2. The lowest BCUT2D eigenvalue weighted by atomic mass is 10.1. The van der Waals surface area contributed by atoms with Crippen molar-refractivity contribution in [3.05, 3.63) is 59.4 Å². The number of hydrogen-bond acceptors (Lipinski definition) is 6. The molecule has 8 heteroatoms. The minimum atomic E-state index is -1.07. The van der Waals surface area contributed by atoms with Crippen molar-refractivity contribution >= 4 is 17.7 Å². The Labute approximate surface area is 174 Å². The molecule has 0 saturated carbocycles. The first-order chi connectivity index (χ1) is 14.3. The predicted molar refractivity (Wildman–Crippen MR) is 107 cm³/mol. The molecule has 2 rings (SSSR count). The van der Waals surface area contributed by atoms with E-state index in [1.54, 1.807) is 12.1 Å². The molecule has 0 radical (unpaired) electrons. The summed E-state index contributed by atoms with van der Waals surface area (Å²) in [6, 6.07) is 9.61. The maximum atomic E-state index is 13.0. The van der Waals surface area contributed by atoms with Crippen LogP contribution in [0, 0.1) is 5.82 Å². The molecule has 2 aromatic rings. The van der Waals surface area contributed by atoms with Gasteiger partial charge in [0.15, 0.2) is 17.6 Å². The van der Waals surface area contributed by atoms with Crippen LogP contribution in [0.1, 0.15) is 41.5 Å². The van der Waals surface area contributed by atoms with Crippen LogP contribution in [-0.2, 0) is 9.53 Å². The Bertz CT molecular complexity index is 897. The fraction of sp³-hybridized carbons (Fsp3) is 0.318. The lowest BCUT2D eigenvalue weighted by molar-refractivity contribution is -0.145. The van der Waals surface area contributed by atoms with E-state index >= 15 is 0 Å². The third-order valence-electron chi connectivity index (χ3n) is 4.01. The normalized spacial score (nSPS) is 11.3. The number of halogens is 1. The number of ether oxygens (including phenoxy) is 3. The average molecular weight is 417 g/mol. The smallest absolute Gasteiger partial charge is 0.326 e.